The zero-order valence-corrected chi connectivity index (χ0v) is 16.2. The maximum atomic E-state index is 13.0. The highest BCUT2D eigenvalue weighted by atomic mass is 16.7. The molecule has 0 bridgehead atoms. The van der Waals surface area contributed by atoms with Crippen LogP contribution in [-0.2, 0) is 19.2 Å². The summed E-state index contributed by atoms with van der Waals surface area (Å²) in [6, 6.07) is 5.03. The fourth-order valence-corrected chi connectivity index (χ4v) is 2.81. The molecule has 2 rings (SSSR count). The van der Waals surface area contributed by atoms with Crippen molar-refractivity contribution in [3.8, 4) is 0 Å². The van der Waals surface area contributed by atoms with Gasteiger partial charge < -0.3 is 4.74 Å². The van der Waals surface area contributed by atoms with Gasteiger partial charge in [-0.15, -0.1) is 0 Å². The Bertz CT molecular complexity index is 838. The van der Waals surface area contributed by atoms with E-state index in [9.17, 15) is 19.2 Å². The summed E-state index contributed by atoms with van der Waals surface area (Å²) >= 11 is 0. The van der Waals surface area contributed by atoms with Crippen LogP contribution in [0, 0.1) is 0 Å². The van der Waals surface area contributed by atoms with Gasteiger partial charge in [0.15, 0.2) is 6.04 Å². The zero-order chi connectivity index (χ0) is 21.0. The quantitative estimate of drug-likeness (QED) is 0.234. The van der Waals surface area contributed by atoms with Gasteiger partial charge in [0, 0.05) is 0 Å². The molecule has 0 N–H and O–H groups in total. The minimum absolute atomic E-state index is 0.109. The van der Waals surface area contributed by atoms with Crippen LogP contribution in [0.4, 0.5) is 0 Å². The number of hydroxylamine groups is 2. The summed E-state index contributed by atoms with van der Waals surface area (Å²) in [6.45, 7) is 8.67. The molecule has 1 unspecified atom stereocenters. The molecule has 0 fully saturated rings. The first-order valence-electron chi connectivity index (χ1n) is 8.63. The van der Waals surface area contributed by atoms with E-state index in [1.165, 1.54) is 19.2 Å². The fourth-order valence-electron chi connectivity index (χ4n) is 2.81. The summed E-state index contributed by atoms with van der Waals surface area (Å²) in [4.78, 5) is 56.4. The van der Waals surface area contributed by atoms with E-state index in [0.29, 0.717) is 10.5 Å². The lowest BCUT2D eigenvalue weighted by atomic mass is 10.1. The highest BCUT2D eigenvalue weighted by Gasteiger charge is 2.42. The number of fused-ring (bicyclic) bond motifs is 1. The first-order chi connectivity index (χ1) is 13.3. The van der Waals surface area contributed by atoms with Crippen LogP contribution in [0.1, 0.15) is 41.5 Å². The first kappa shape index (κ1) is 21.0. The van der Waals surface area contributed by atoms with Crippen LogP contribution in [0.2, 0.25) is 0 Å². The van der Waals surface area contributed by atoms with Gasteiger partial charge in [-0.05, 0) is 38.5 Å². The number of allylic oxidation sites excluding steroid dienone is 1. The molecule has 0 radical (unpaired) electrons. The third-order valence-electron chi connectivity index (χ3n) is 4.34. The number of nitrogens with zero attached hydrogens (tertiary/aromatic N) is 2. The Morgan fingerprint density at radius 1 is 1.21 bits per heavy atom. The molecule has 0 saturated heterocycles. The minimum atomic E-state index is -1.19. The minimum Gasteiger partial charge on any atom is -0.464 e. The van der Waals surface area contributed by atoms with E-state index in [4.69, 9.17) is 9.57 Å². The predicted octanol–water partition coefficient (Wildman–Crippen LogP) is 2.08. The Morgan fingerprint density at radius 3 is 2.18 bits per heavy atom. The number of ether oxygens (including phenoxy) is 1. The van der Waals surface area contributed by atoms with Crippen LogP contribution in [0.15, 0.2) is 48.2 Å². The molecule has 0 spiro atoms. The molecule has 8 heteroatoms. The predicted molar refractivity (Wildman–Crippen MR) is 99.8 cm³/mol. The van der Waals surface area contributed by atoms with Gasteiger partial charge in [-0.2, -0.15) is 5.06 Å². The van der Waals surface area contributed by atoms with E-state index in [-0.39, 0.29) is 17.7 Å². The monoisotopic (exact) mass is 386 g/mol. The molecule has 1 aliphatic heterocycles. The van der Waals surface area contributed by atoms with Crippen LogP contribution >= 0.6 is 0 Å². The highest BCUT2D eigenvalue weighted by molar-refractivity contribution is 6.24. The van der Waals surface area contributed by atoms with Crippen LogP contribution < -0.4 is 0 Å². The number of hydrogen-bond donors (Lipinski definition) is 0. The summed E-state index contributed by atoms with van der Waals surface area (Å²) in [6.07, 6.45) is 1.63. The number of benzene rings is 1. The van der Waals surface area contributed by atoms with Gasteiger partial charge in [0.1, 0.15) is 5.70 Å². The second-order valence-electron chi connectivity index (χ2n) is 5.94. The van der Waals surface area contributed by atoms with Gasteiger partial charge in [-0.3, -0.25) is 19.2 Å². The van der Waals surface area contributed by atoms with Crippen LogP contribution in [0.5, 0.6) is 0 Å². The molecule has 0 aromatic heterocycles. The topological polar surface area (TPSA) is 93.2 Å². The smallest absolute Gasteiger partial charge is 0.335 e. The molecular weight excluding hydrogens is 364 g/mol. The third kappa shape index (κ3) is 3.59. The Hall–Kier alpha value is -3.26. The molecule has 28 heavy (non-hydrogen) atoms. The van der Waals surface area contributed by atoms with Crippen molar-refractivity contribution in [3.63, 3.8) is 0 Å². The van der Waals surface area contributed by atoms with Crippen molar-refractivity contribution in [1.29, 1.82) is 0 Å². The third-order valence-corrected chi connectivity index (χ3v) is 4.34. The fraction of sp³-hybridized carbons (Fsp3) is 0.300. The largest absolute Gasteiger partial charge is 0.464 e. The maximum Gasteiger partial charge on any atom is 0.335 e. The second kappa shape index (κ2) is 8.62. The van der Waals surface area contributed by atoms with E-state index in [1.807, 2.05) is 0 Å². The van der Waals surface area contributed by atoms with E-state index < -0.39 is 35.4 Å². The number of carbonyl (C=O) groups is 4. The summed E-state index contributed by atoms with van der Waals surface area (Å²) in [5, 5.41) is 0.749. The Kier molecular flexibility index (Phi) is 6.48. The normalized spacial score (nSPS) is 14.6. The summed E-state index contributed by atoms with van der Waals surface area (Å²) < 4.78 is 5.03. The first-order valence-corrected chi connectivity index (χ1v) is 8.63. The number of hydrogen-bond acceptors (Lipinski definition) is 6. The van der Waals surface area contributed by atoms with Crippen molar-refractivity contribution in [2.24, 2.45) is 0 Å². The van der Waals surface area contributed by atoms with E-state index in [1.54, 1.807) is 39.0 Å². The van der Waals surface area contributed by atoms with Gasteiger partial charge in [-0.1, -0.05) is 24.8 Å². The molecule has 1 aromatic carbocycles. The summed E-state index contributed by atoms with van der Waals surface area (Å²) in [5.41, 5.74) is 0.420. The van der Waals surface area contributed by atoms with E-state index in [2.05, 4.69) is 6.58 Å². The molecule has 0 saturated carbocycles. The van der Waals surface area contributed by atoms with Crippen molar-refractivity contribution in [2.75, 3.05) is 13.7 Å². The SMILES string of the molecule is C=C(C(=O)N(OC)C(C(=O)OCC)/C(C)=C/C)N1C(=O)c2ccccc2C1=O. The second-order valence-corrected chi connectivity index (χ2v) is 5.94. The van der Waals surface area contributed by atoms with Crippen LogP contribution in [0.25, 0.3) is 0 Å². The highest BCUT2D eigenvalue weighted by Crippen LogP contribution is 2.27. The lowest BCUT2D eigenvalue weighted by molar-refractivity contribution is -0.192. The van der Waals surface area contributed by atoms with Crippen LogP contribution in [-0.4, -0.2) is 53.4 Å². The Labute approximate surface area is 163 Å². The average Bonchev–Trinajstić information content (AvgIpc) is 2.95. The van der Waals surface area contributed by atoms with Crippen molar-refractivity contribution in [1.82, 2.24) is 9.96 Å². The van der Waals surface area contributed by atoms with Gasteiger partial charge >= 0.3 is 5.97 Å². The maximum absolute atomic E-state index is 13.0. The summed E-state index contributed by atoms with van der Waals surface area (Å²) in [5.74, 6) is -2.93. The average molecular weight is 386 g/mol. The Morgan fingerprint density at radius 2 is 1.75 bits per heavy atom. The molecule has 0 aliphatic carbocycles. The molecule has 1 atom stereocenters. The van der Waals surface area contributed by atoms with E-state index >= 15 is 0 Å². The molecule has 1 aliphatic rings. The Balaban J connectivity index is 2.37. The molecular formula is C20H22N2O6. The lowest BCUT2D eigenvalue weighted by Crippen LogP contribution is -2.49. The van der Waals surface area contributed by atoms with Crippen molar-refractivity contribution >= 4 is 23.7 Å². The molecule has 148 valence electrons. The number of esters is 1. The molecule has 3 amide bonds. The van der Waals surface area contributed by atoms with Gasteiger partial charge in [0.2, 0.25) is 0 Å². The number of amides is 3. The van der Waals surface area contributed by atoms with Crippen LogP contribution in [0.3, 0.4) is 0 Å². The zero-order valence-electron chi connectivity index (χ0n) is 16.2. The van der Waals surface area contributed by atoms with Crippen molar-refractivity contribution in [3.05, 3.63) is 59.3 Å². The lowest BCUT2D eigenvalue weighted by Gasteiger charge is -2.30. The van der Waals surface area contributed by atoms with E-state index in [0.717, 1.165) is 5.06 Å². The van der Waals surface area contributed by atoms with Crippen molar-refractivity contribution in [2.45, 2.75) is 26.8 Å². The van der Waals surface area contributed by atoms with Gasteiger partial charge in [-0.25, -0.2) is 9.69 Å². The summed E-state index contributed by atoms with van der Waals surface area (Å²) in [7, 11) is 1.20. The molecule has 1 heterocycles. The van der Waals surface area contributed by atoms with Crippen molar-refractivity contribution < 1.29 is 28.8 Å². The molecule has 8 nitrogen and oxygen atoms in total. The number of carbonyl (C=O) groups excluding carboxylic acids is 4. The number of rotatable bonds is 7. The molecule has 1 aromatic rings. The standard InChI is InChI=1S/C20H22N2O6/c1-6-12(3)16(20(26)28-7-2)22(27-5)17(23)13(4)21-18(24)14-10-8-9-11-15(14)19(21)25/h6,8-11,16H,4,7H2,1-3,5H3/b12-6+. The van der Waals surface area contributed by atoms with Gasteiger partial charge in [0.05, 0.1) is 24.8 Å². The van der Waals surface area contributed by atoms with Gasteiger partial charge in [0.25, 0.3) is 17.7 Å². The number of imide groups is 1.